The average molecular weight is 746 g/mol. The minimum absolute atomic E-state index is 0.0720. The Morgan fingerprint density at radius 3 is 2.19 bits per heavy atom. The van der Waals surface area contributed by atoms with Gasteiger partial charge in [-0.25, -0.2) is 13.2 Å². The molecule has 1 unspecified atom stereocenters. The number of nitrogens with zero attached hydrogens (tertiary/aromatic N) is 1. The number of ketones is 1. The van der Waals surface area contributed by atoms with Crippen molar-refractivity contribution < 1.29 is 32.4 Å². The highest BCUT2D eigenvalue weighted by Gasteiger charge is 2.70. The highest BCUT2D eigenvalue weighted by atomic mass is 32.2. The molecule has 4 saturated carbocycles. The lowest BCUT2D eigenvalue weighted by molar-refractivity contribution is -0.144. The van der Waals surface area contributed by atoms with Crippen LogP contribution >= 0.6 is 0 Å². The zero-order valence-corrected chi connectivity index (χ0v) is 32.7. The summed E-state index contributed by atoms with van der Waals surface area (Å²) in [6.45, 7) is 12.2. The molecule has 5 aliphatic rings. The minimum Gasteiger partial charge on any atom is -0.346 e. The summed E-state index contributed by atoms with van der Waals surface area (Å²) in [5.41, 5.74) is -1.09. The summed E-state index contributed by atoms with van der Waals surface area (Å²) in [5.74, 6) is -1.95. The standard InChI is InChI=1S/C39H63N5O7S/c1-6-20-40-35(47)33(45)29(22-26-15-16-26)41-34(46)32-30-28(38(30,4)5)23-44(32)36(48)31(27-13-9-7-10-14-27)42-37(49)43-39(18-11-8-12-19-39)24-52(50,51)21-17-25(2)3/h6,25-32H,1,7-24H2,2-5H3,(H,40,47)(H,41,46)(H2,42,43,49)/t28-,29?,30-,31-,32-/m0/s1. The number of urea groups is 1. The summed E-state index contributed by atoms with van der Waals surface area (Å²) in [6.07, 6.45) is 12.4. The van der Waals surface area contributed by atoms with Gasteiger partial charge in [-0.1, -0.05) is 85.1 Å². The van der Waals surface area contributed by atoms with E-state index < -0.39 is 57.1 Å². The number of piperidine rings is 1. The van der Waals surface area contributed by atoms with E-state index in [2.05, 4.69) is 41.7 Å². The SMILES string of the molecule is C=CCNC(=O)C(=O)C(CC1CC1)NC(=O)[C@@H]1[C@@H]2[C@H](CN1C(=O)[C@@H](NC(=O)NC1(CS(=O)(=O)CCC(C)C)CCCCC1)C1CCCCC1)C2(C)C. The van der Waals surface area contributed by atoms with Gasteiger partial charge in [0.1, 0.15) is 12.1 Å². The van der Waals surface area contributed by atoms with Crippen molar-refractivity contribution in [3.63, 3.8) is 0 Å². The molecule has 4 N–H and O–H groups in total. The first-order valence-corrected chi connectivity index (χ1v) is 21.7. The van der Waals surface area contributed by atoms with Crippen LogP contribution in [0.1, 0.15) is 118 Å². The third kappa shape index (κ3) is 9.77. The van der Waals surface area contributed by atoms with Crippen LogP contribution in [0.3, 0.4) is 0 Å². The number of fused-ring (bicyclic) bond motifs is 1. The number of Topliss-reactive ketones (excluding diaryl/α,β-unsaturated/α-hetero) is 1. The maximum absolute atomic E-state index is 14.7. The molecule has 5 amide bonds. The molecule has 0 aromatic heterocycles. The van der Waals surface area contributed by atoms with Gasteiger partial charge in [0.15, 0.2) is 9.84 Å². The third-order valence-corrected chi connectivity index (χ3v) is 14.5. The Morgan fingerprint density at radius 2 is 1.58 bits per heavy atom. The van der Waals surface area contributed by atoms with E-state index >= 15 is 0 Å². The van der Waals surface area contributed by atoms with Crippen LogP contribution in [0.15, 0.2) is 12.7 Å². The first-order valence-electron chi connectivity index (χ1n) is 19.9. The van der Waals surface area contributed by atoms with E-state index in [4.69, 9.17) is 0 Å². The molecule has 5 fully saturated rings. The predicted molar refractivity (Wildman–Crippen MR) is 200 cm³/mol. The fourth-order valence-electron chi connectivity index (χ4n) is 9.29. The van der Waals surface area contributed by atoms with Gasteiger partial charge in [-0.15, -0.1) is 6.58 Å². The van der Waals surface area contributed by atoms with Crippen LogP contribution in [0.5, 0.6) is 0 Å². The summed E-state index contributed by atoms with van der Waals surface area (Å²) in [6, 6.07) is -3.27. The van der Waals surface area contributed by atoms with Crippen LogP contribution in [0.25, 0.3) is 0 Å². The highest BCUT2D eigenvalue weighted by molar-refractivity contribution is 7.91. The Kier molecular flexibility index (Phi) is 12.8. The Hall–Kier alpha value is -2.96. The van der Waals surface area contributed by atoms with Gasteiger partial charge < -0.3 is 26.2 Å². The summed E-state index contributed by atoms with van der Waals surface area (Å²) < 4.78 is 26.6. The van der Waals surface area contributed by atoms with Crippen LogP contribution in [-0.2, 0) is 29.0 Å². The number of carbonyl (C=O) groups is 5. The summed E-state index contributed by atoms with van der Waals surface area (Å²) in [4.78, 5) is 70.4. The molecule has 13 heteroatoms. The molecule has 1 saturated heterocycles. The van der Waals surface area contributed by atoms with Gasteiger partial charge >= 0.3 is 6.03 Å². The fourth-order valence-corrected chi connectivity index (χ4v) is 11.5. The Labute approximate surface area is 310 Å². The summed E-state index contributed by atoms with van der Waals surface area (Å²) in [5, 5.41) is 11.5. The number of likely N-dealkylation sites (tertiary alicyclic amines) is 1. The van der Waals surface area contributed by atoms with Crippen molar-refractivity contribution in [3.05, 3.63) is 12.7 Å². The first kappa shape index (κ1) is 40.2. The van der Waals surface area contributed by atoms with Crippen LogP contribution < -0.4 is 21.3 Å². The normalized spacial score (nSPS) is 26.4. The van der Waals surface area contributed by atoms with Crippen molar-refractivity contribution in [2.24, 2.45) is 35.0 Å². The second-order valence-electron chi connectivity index (χ2n) is 17.6. The predicted octanol–water partition coefficient (Wildman–Crippen LogP) is 4.04. The highest BCUT2D eigenvalue weighted by Crippen LogP contribution is 2.65. The zero-order valence-electron chi connectivity index (χ0n) is 31.8. The minimum atomic E-state index is -3.43. The second-order valence-corrected chi connectivity index (χ2v) is 19.8. The zero-order chi connectivity index (χ0) is 37.8. The van der Waals surface area contributed by atoms with Gasteiger partial charge in [-0.2, -0.15) is 0 Å². The van der Waals surface area contributed by atoms with E-state index in [1.54, 1.807) is 4.90 Å². The Bertz CT molecular complexity index is 1460. The maximum Gasteiger partial charge on any atom is 0.315 e. The van der Waals surface area contributed by atoms with E-state index in [1.807, 2.05) is 13.8 Å². The van der Waals surface area contributed by atoms with Gasteiger partial charge in [-0.05, 0) is 73.5 Å². The van der Waals surface area contributed by atoms with E-state index in [-0.39, 0.29) is 59.0 Å². The molecule has 0 radical (unpaired) electrons. The number of rotatable bonds is 17. The van der Waals surface area contributed by atoms with Gasteiger partial charge in [0.2, 0.25) is 17.6 Å². The van der Waals surface area contributed by atoms with E-state index in [0.29, 0.717) is 32.2 Å². The van der Waals surface area contributed by atoms with Gasteiger partial charge in [0, 0.05) is 13.1 Å². The molecule has 0 spiro atoms. The average Bonchev–Trinajstić information content (AvgIpc) is 3.95. The van der Waals surface area contributed by atoms with Crippen molar-refractivity contribution in [3.8, 4) is 0 Å². The molecular formula is C39H63N5O7S. The molecule has 1 heterocycles. The third-order valence-electron chi connectivity index (χ3n) is 12.7. The molecule has 1 aliphatic heterocycles. The lowest BCUT2D eigenvalue weighted by Gasteiger charge is -2.40. The quantitative estimate of drug-likeness (QED) is 0.129. The molecule has 4 aliphatic carbocycles. The summed E-state index contributed by atoms with van der Waals surface area (Å²) in [7, 11) is -3.43. The van der Waals surface area contributed by atoms with Crippen molar-refractivity contribution in [1.29, 1.82) is 0 Å². The maximum atomic E-state index is 14.7. The van der Waals surface area contributed by atoms with Crippen molar-refractivity contribution in [1.82, 2.24) is 26.2 Å². The van der Waals surface area contributed by atoms with Crippen molar-refractivity contribution in [2.75, 3.05) is 24.6 Å². The number of hydrogen-bond acceptors (Lipinski definition) is 7. The van der Waals surface area contributed by atoms with Crippen LogP contribution in [0.2, 0.25) is 0 Å². The number of nitrogens with one attached hydrogen (secondary N) is 4. The summed E-state index contributed by atoms with van der Waals surface area (Å²) >= 11 is 0. The Balaban J connectivity index is 1.35. The van der Waals surface area contributed by atoms with E-state index in [9.17, 15) is 32.4 Å². The molecule has 5 atom stereocenters. The van der Waals surface area contributed by atoms with E-state index in [1.165, 1.54) is 6.08 Å². The lowest BCUT2D eigenvalue weighted by Crippen LogP contribution is -2.63. The van der Waals surface area contributed by atoms with Crippen molar-refractivity contribution in [2.45, 2.75) is 141 Å². The molecule has 0 bridgehead atoms. The van der Waals surface area contributed by atoms with Gasteiger partial charge in [0.25, 0.3) is 5.91 Å². The second kappa shape index (κ2) is 16.6. The number of hydrogen-bond donors (Lipinski definition) is 4. The molecule has 5 rings (SSSR count). The molecule has 292 valence electrons. The molecule has 0 aromatic carbocycles. The fraction of sp³-hybridized carbons (Fsp3) is 0.821. The van der Waals surface area contributed by atoms with Crippen LogP contribution in [-0.4, -0.2) is 91.1 Å². The number of sulfone groups is 1. The smallest absolute Gasteiger partial charge is 0.315 e. The number of amides is 5. The number of carbonyl (C=O) groups excluding carboxylic acids is 5. The van der Waals surface area contributed by atoms with Gasteiger partial charge in [-0.3, -0.25) is 19.2 Å². The monoisotopic (exact) mass is 745 g/mol. The molecule has 52 heavy (non-hydrogen) atoms. The Morgan fingerprint density at radius 1 is 0.923 bits per heavy atom. The lowest BCUT2D eigenvalue weighted by atomic mass is 9.82. The topological polar surface area (TPSA) is 171 Å². The van der Waals surface area contributed by atoms with Crippen molar-refractivity contribution >= 4 is 39.4 Å². The van der Waals surface area contributed by atoms with Gasteiger partial charge in [0.05, 0.1) is 23.1 Å². The van der Waals surface area contributed by atoms with Crippen LogP contribution in [0, 0.1) is 35.0 Å². The first-order chi connectivity index (χ1) is 24.6. The molecule has 12 nitrogen and oxygen atoms in total. The largest absolute Gasteiger partial charge is 0.346 e. The molecule has 0 aromatic rings. The van der Waals surface area contributed by atoms with Crippen LogP contribution in [0.4, 0.5) is 4.79 Å². The van der Waals surface area contributed by atoms with E-state index in [0.717, 1.165) is 64.2 Å². The molecular weight excluding hydrogens is 683 g/mol.